The highest BCUT2D eigenvalue weighted by molar-refractivity contribution is 6.78. The molecule has 27 heavy (non-hydrogen) atoms. The van der Waals surface area contributed by atoms with Gasteiger partial charge in [-0.2, -0.15) is 0 Å². The summed E-state index contributed by atoms with van der Waals surface area (Å²) in [5, 5.41) is 0.686. The first-order valence-electron chi connectivity index (χ1n) is 10.4. The smallest absolute Gasteiger partial charge is 0.124 e. The summed E-state index contributed by atoms with van der Waals surface area (Å²) in [7, 11) is -3.02. The van der Waals surface area contributed by atoms with Crippen LogP contribution >= 0.6 is 0 Å². The molecule has 0 aliphatic rings. The van der Waals surface area contributed by atoms with E-state index in [1.807, 2.05) is 12.3 Å². The standard InChI is InChI=1S/C22H45N3Si2/c1-20(2,3)26(8,9)24-17-15-22(7,19-14-12-13-16-23-19)18-25-27(10,11)21(4,5)6/h12-14,16,24-25H,15,17-18H2,1-11H3. The minimum atomic E-state index is -1.54. The zero-order valence-corrected chi connectivity index (χ0v) is 21.9. The van der Waals surface area contributed by atoms with E-state index in [1.165, 1.54) is 5.69 Å². The van der Waals surface area contributed by atoms with Crippen molar-refractivity contribution in [2.45, 2.75) is 96.6 Å². The van der Waals surface area contributed by atoms with Crippen LogP contribution in [0.5, 0.6) is 0 Å². The van der Waals surface area contributed by atoms with E-state index in [1.54, 1.807) is 0 Å². The zero-order chi connectivity index (χ0) is 21.1. The number of nitrogens with zero attached hydrogens (tertiary/aromatic N) is 1. The van der Waals surface area contributed by atoms with Crippen molar-refractivity contribution in [1.82, 2.24) is 14.9 Å². The van der Waals surface area contributed by atoms with E-state index < -0.39 is 16.5 Å². The Bertz CT molecular complexity index is 586. The third-order valence-corrected chi connectivity index (χ3v) is 16.9. The molecule has 0 saturated heterocycles. The first kappa shape index (κ1) is 24.5. The fourth-order valence-corrected chi connectivity index (χ4v) is 5.27. The molecule has 5 heteroatoms. The summed E-state index contributed by atoms with van der Waals surface area (Å²) >= 11 is 0. The molecule has 0 fully saturated rings. The van der Waals surface area contributed by atoms with Gasteiger partial charge in [0.15, 0.2) is 0 Å². The third kappa shape index (κ3) is 6.51. The predicted octanol–water partition coefficient (Wildman–Crippen LogP) is 5.92. The van der Waals surface area contributed by atoms with Gasteiger partial charge in [0, 0.05) is 17.3 Å². The lowest BCUT2D eigenvalue weighted by Gasteiger charge is -2.42. The predicted molar refractivity (Wildman–Crippen MR) is 127 cm³/mol. The van der Waals surface area contributed by atoms with Gasteiger partial charge in [-0.3, -0.25) is 4.98 Å². The highest BCUT2D eigenvalue weighted by Crippen LogP contribution is 2.36. The van der Waals surface area contributed by atoms with Crippen molar-refractivity contribution in [3.63, 3.8) is 0 Å². The fourth-order valence-electron chi connectivity index (χ4n) is 2.62. The van der Waals surface area contributed by atoms with Crippen molar-refractivity contribution >= 4 is 16.5 Å². The first-order valence-corrected chi connectivity index (χ1v) is 16.4. The molecule has 1 aromatic rings. The van der Waals surface area contributed by atoms with Gasteiger partial charge < -0.3 is 9.96 Å². The van der Waals surface area contributed by atoms with E-state index in [0.717, 1.165) is 19.5 Å². The largest absolute Gasteiger partial charge is 0.337 e. The summed E-state index contributed by atoms with van der Waals surface area (Å²) in [5.41, 5.74) is 1.24. The summed E-state index contributed by atoms with van der Waals surface area (Å²) in [6.07, 6.45) is 3.03. The summed E-state index contributed by atoms with van der Waals surface area (Å²) in [6.45, 7) is 28.4. The topological polar surface area (TPSA) is 37.0 Å². The molecule has 2 N–H and O–H groups in total. The van der Waals surface area contributed by atoms with Crippen LogP contribution in [-0.2, 0) is 5.41 Å². The molecule has 0 bridgehead atoms. The van der Waals surface area contributed by atoms with E-state index in [9.17, 15) is 0 Å². The lowest BCUT2D eigenvalue weighted by atomic mass is 9.83. The molecule has 0 radical (unpaired) electrons. The number of hydrogen-bond donors (Lipinski definition) is 2. The molecule has 1 unspecified atom stereocenters. The van der Waals surface area contributed by atoms with Crippen LogP contribution in [0.1, 0.15) is 60.6 Å². The highest BCUT2D eigenvalue weighted by Gasteiger charge is 2.39. The van der Waals surface area contributed by atoms with E-state index in [2.05, 4.69) is 96.8 Å². The Morgan fingerprint density at radius 2 is 1.33 bits per heavy atom. The molecular weight excluding hydrogens is 362 g/mol. The number of rotatable bonds is 8. The fraction of sp³-hybridized carbons (Fsp3) is 0.773. The van der Waals surface area contributed by atoms with Crippen molar-refractivity contribution < 1.29 is 0 Å². The number of aromatic nitrogens is 1. The molecule has 0 aliphatic carbocycles. The van der Waals surface area contributed by atoms with Crippen LogP contribution in [0.4, 0.5) is 0 Å². The van der Waals surface area contributed by atoms with Gasteiger partial charge in [-0.05, 0) is 41.7 Å². The second-order valence-electron chi connectivity index (χ2n) is 11.6. The van der Waals surface area contributed by atoms with Crippen LogP contribution in [-0.4, -0.2) is 34.5 Å². The SMILES string of the molecule is CC(CCN[Si](C)(C)C(C)(C)C)(CN[Si](C)(C)C(C)(C)C)c1ccccn1. The van der Waals surface area contributed by atoms with E-state index in [4.69, 9.17) is 4.98 Å². The molecule has 3 nitrogen and oxygen atoms in total. The molecule has 0 aliphatic heterocycles. The van der Waals surface area contributed by atoms with Crippen LogP contribution < -0.4 is 9.96 Å². The summed E-state index contributed by atoms with van der Waals surface area (Å²) in [5.74, 6) is 0. The number of nitrogens with one attached hydrogen (secondary N) is 2. The second-order valence-corrected chi connectivity index (χ2v) is 21.8. The zero-order valence-electron chi connectivity index (χ0n) is 19.9. The summed E-state index contributed by atoms with van der Waals surface area (Å²) in [6, 6.07) is 6.33. The Labute approximate surface area is 171 Å². The summed E-state index contributed by atoms with van der Waals surface area (Å²) < 4.78 is 0. The molecule has 1 atom stereocenters. The average Bonchev–Trinajstić information content (AvgIpc) is 2.51. The maximum Gasteiger partial charge on any atom is 0.124 e. The van der Waals surface area contributed by atoms with Crippen molar-refractivity contribution in [3.8, 4) is 0 Å². The van der Waals surface area contributed by atoms with Crippen LogP contribution in [0.15, 0.2) is 24.4 Å². The highest BCUT2D eigenvalue weighted by atomic mass is 28.3. The maximum absolute atomic E-state index is 4.74. The van der Waals surface area contributed by atoms with E-state index >= 15 is 0 Å². The van der Waals surface area contributed by atoms with Crippen LogP contribution in [0.2, 0.25) is 36.3 Å². The van der Waals surface area contributed by atoms with Crippen LogP contribution in [0.3, 0.4) is 0 Å². The van der Waals surface area contributed by atoms with Gasteiger partial charge in [-0.15, -0.1) is 0 Å². The van der Waals surface area contributed by atoms with Gasteiger partial charge in [0.2, 0.25) is 0 Å². The van der Waals surface area contributed by atoms with Crippen molar-refractivity contribution in [2.75, 3.05) is 13.1 Å². The van der Waals surface area contributed by atoms with Crippen molar-refractivity contribution in [3.05, 3.63) is 30.1 Å². The molecular formula is C22H45N3Si2. The van der Waals surface area contributed by atoms with Crippen molar-refractivity contribution in [1.29, 1.82) is 0 Å². The minimum Gasteiger partial charge on any atom is -0.337 e. The number of hydrogen-bond acceptors (Lipinski definition) is 3. The van der Waals surface area contributed by atoms with Gasteiger partial charge in [0.25, 0.3) is 0 Å². The Morgan fingerprint density at radius 1 is 0.815 bits per heavy atom. The van der Waals surface area contributed by atoms with Crippen LogP contribution in [0, 0.1) is 0 Å². The molecule has 1 rings (SSSR count). The quantitative estimate of drug-likeness (QED) is 0.525. The van der Waals surface area contributed by atoms with Crippen LogP contribution in [0.25, 0.3) is 0 Å². The maximum atomic E-state index is 4.74. The molecule has 0 saturated carbocycles. The van der Waals surface area contributed by atoms with Gasteiger partial charge in [-0.25, -0.2) is 0 Å². The molecule has 1 heterocycles. The van der Waals surface area contributed by atoms with Gasteiger partial charge in [-0.1, -0.05) is 80.7 Å². The molecule has 156 valence electrons. The van der Waals surface area contributed by atoms with Crippen molar-refractivity contribution in [2.24, 2.45) is 0 Å². The summed E-state index contributed by atoms with van der Waals surface area (Å²) in [4.78, 5) is 12.7. The van der Waals surface area contributed by atoms with E-state index in [-0.39, 0.29) is 5.41 Å². The Hall–Kier alpha value is -0.496. The van der Waals surface area contributed by atoms with E-state index in [0.29, 0.717) is 10.1 Å². The number of pyridine rings is 1. The molecule has 0 amide bonds. The Balaban J connectivity index is 2.95. The first-order chi connectivity index (χ1) is 12.0. The normalized spacial score (nSPS) is 16.3. The van der Waals surface area contributed by atoms with Gasteiger partial charge in [0.05, 0.1) is 0 Å². The molecule has 0 aromatic carbocycles. The monoisotopic (exact) mass is 407 g/mol. The van der Waals surface area contributed by atoms with Gasteiger partial charge in [0.1, 0.15) is 16.5 Å². The molecule has 0 spiro atoms. The third-order valence-electron chi connectivity index (χ3n) is 7.20. The molecule has 1 aromatic heterocycles. The average molecular weight is 408 g/mol. The Kier molecular flexibility index (Phi) is 7.70. The lowest BCUT2D eigenvalue weighted by Crippen LogP contribution is -2.57. The Morgan fingerprint density at radius 3 is 1.78 bits per heavy atom. The second kappa shape index (κ2) is 8.48. The minimum absolute atomic E-state index is 0.0339. The lowest BCUT2D eigenvalue weighted by molar-refractivity contribution is 0.411. The van der Waals surface area contributed by atoms with Gasteiger partial charge >= 0.3 is 0 Å².